The van der Waals surface area contributed by atoms with Crippen LogP contribution in [0.4, 0.5) is 5.69 Å². The smallest absolute Gasteiger partial charge is 0.231 e. The molecule has 0 fully saturated rings. The Morgan fingerprint density at radius 2 is 1.40 bits per heavy atom. The molecule has 6 heteroatoms. The van der Waals surface area contributed by atoms with E-state index in [4.69, 9.17) is 18.9 Å². The van der Waals surface area contributed by atoms with E-state index in [0.717, 1.165) is 28.1 Å². The minimum Gasteiger partial charge on any atom is -0.454 e. The number of nitrogens with zero attached hydrogens (tertiary/aromatic N) is 1. The number of anilines is 1. The SMILES string of the molecule is Cc1ccccc1N(Cc1ccc2c(c1)OCO2)C(=O)Cc1ccc2c(c1)OCO2. The van der Waals surface area contributed by atoms with Crippen LogP contribution < -0.4 is 23.8 Å². The summed E-state index contributed by atoms with van der Waals surface area (Å²) in [6.45, 7) is 2.89. The number of carbonyl (C=O) groups is 1. The summed E-state index contributed by atoms with van der Waals surface area (Å²) in [7, 11) is 0. The number of fused-ring (bicyclic) bond motifs is 2. The first kappa shape index (κ1) is 18.4. The van der Waals surface area contributed by atoms with Crippen LogP contribution in [-0.2, 0) is 17.8 Å². The molecule has 1 amide bonds. The zero-order valence-electron chi connectivity index (χ0n) is 16.6. The number of aryl methyl sites for hydroxylation is 1. The summed E-state index contributed by atoms with van der Waals surface area (Å²) in [6.07, 6.45) is 0.259. The van der Waals surface area contributed by atoms with E-state index in [1.165, 1.54) is 0 Å². The van der Waals surface area contributed by atoms with Gasteiger partial charge in [-0.05, 0) is 53.9 Å². The molecule has 152 valence electrons. The van der Waals surface area contributed by atoms with Crippen LogP contribution in [0.1, 0.15) is 16.7 Å². The van der Waals surface area contributed by atoms with Gasteiger partial charge in [-0.25, -0.2) is 0 Å². The van der Waals surface area contributed by atoms with Gasteiger partial charge in [-0.3, -0.25) is 4.79 Å². The van der Waals surface area contributed by atoms with E-state index in [2.05, 4.69) is 0 Å². The fourth-order valence-electron chi connectivity index (χ4n) is 3.72. The maximum absolute atomic E-state index is 13.4. The van der Waals surface area contributed by atoms with Crippen LogP contribution >= 0.6 is 0 Å². The molecule has 3 aromatic rings. The molecule has 0 radical (unpaired) electrons. The second kappa shape index (κ2) is 7.63. The van der Waals surface area contributed by atoms with Crippen LogP contribution in [-0.4, -0.2) is 19.5 Å². The standard InChI is InChI=1S/C24H21NO5/c1-16-4-2-3-5-19(16)25(13-18-7-9-21-23(11-18)30-15-28-21)24(26)12-17-6-8-20-22(10-17)29-14-27-20/h2-11H,12-15H2,1H3. The number of benzene rings is 3. The molecule has 2 aliphatic rings. The van der Waals surface area contributed by atoms with E-state index >= 15 is 0 Å². The van der Waals surface area contributed by atoms with Crippen molar-refractivity contribution in [3.63, 3.8) is 0 Å². The molecular formula is C24H21NO5. The maximum Gasteiger partial charge on any atom is 0.231 e. The summed E-state index contributed by atoms with van der Waals surface area (Å²) >= 11 is 0. The third-order valence-electron chi connectivity index (χ3n) is 5.28. The zero-order valence-corrected chi connectivity index (χ0v) is 16.6. The van der Waals surface area contributed by atoms with E-state index < -0.39 is 0 Å². The lowest BCUT2D eigenvalue weighted by atomic mass is 10.1. The third-order valence-corrected chi connectivity index (χ3v) is 5.28. The molecule has 0 unspecified atom stereocenters. The first-order chi connectivity index (χ1) is 14.7. The van der Waals surface area contributed by atoms with Crippen molar-refractivity contribution in [2.45, 2.75) is 19.9 Å². The molecular weight excluding hydrogens is 382 g/mol. The van der Waals surface area contributed by atoms with Gasteiger partial charge in [0.05, 0.1) is 13.0 Å². The van der Waals surface area contributed by atoms with Crippen molar-refractivity contribution in [3.8, 4) is 23.0 Å². The Labute approximate surface area is 174 Å². The molecule has 6 nitrogen and oxygen atoms in total. The lowest BCUT2D eigenvalue weighted by Crippen LogP contribution is -2.32. The van der Waals surface area contributed by atoms with Crippen LogP contribution in [0.25, 0.3) is 0 Å². The van der Waals surface area contributed by atoms with E-state index in [1.54, 1.807) is 0 Å². The topological polar surface area (TPSA) is 57.2 Å². The minimum atomic E-state index is 0.000771. The number of para-hydroxylation sites is 1. The van der Waals surface area contributed by atoms with Gasteiger partial charge >= 0.3 is 0 Å². The third kappa shape index (κ3) is 3.52. The van der Waals surface area contributed by atoms with Gasteiger partial charge in [0.2, 0.25) is 19.5 Å². The molecule has 0 N–H and O–H groups in total. The molecule has 0 aliphatic carbocycles. The number of carbonyl (C=O) groups excluding carboxylic acids is 1. The van der Waals surface area contributed by atoms with Gasteiger partial charge in [0.25, 0.3) is 0 Å². The maximum atomic E-state index is 13.4. The molecule has 0 saturated heterocycles. The summed E-state index contributed by atoms with van der Waals surface area (Å²) in [4.78, 5) is 15.2. The minimum absolute atomic E-state index is 0.000771. The average Bonchev–Trinajstić information content (AvgIpc) is 3.41. The Hall–Kier alpha value is -3.67. The largest absolute Gasteiger partial charge is 0.454 e. The summed E-state index contributed by atoms with van der Waals surface area (Å²) in [6, 6.07) is 19.3. The first-order valence-electron chi connectivity index (χ1n) is 9.80. The lowest BCUT2D eigenvalue weighted by molar-refractivity contribution is -0.118. The molecule has 0 spiro atoms. The van der Waals surface area contributed by atoms with Crippen LogP contribution in [0.3, 0.4) is 0 Å². The van der Waals surface area contributed by atoms with Crippen LogP contribution in [0.5, 0.6) is 23.0 Å². The van der Waals surface area contributed by atoms with E-state index in [-0.39, 0.29) is 25.9 Å². The van der Waals surface area contributed by atoms with E-state index in [9.17, 15) is 4.79 Å². The predicted octanol–water partition coefficient (Wildman–Crippen LogP) is 4.23. The number of amides is 1. The molecule has 0 bridgehead atoms. The Morgan fingerprint density at radius 1 is 0.800 bits per heavy atom. The van der Waals surface area contributed by atoms with Crippen molar-refractivity contribution in [1.29, 1.82) is 0 Å². The molecule has 30 heavy (non-hydrogen) atoms. The highest BCUT2D eigenvalue weighted by molar-refractivity contribution is 5.95. The molecule has 0 aromatic heterocycles. The number of rotatable bonds is 5. The fraction of sp³-hybridized carbons (Fsp3) is 0.208. The molecule has 5 rings (SSSR count). The van der Waals surface area contributed by atoms with Gasteiger partial charge in [0.1, 0.15) is 0 Å². The van der Waals surface area contributed by atoms with Crippen molar-refractivity contribution >= 4 is 11.6 Å². The first-order valence-corrected chi connectivity index (χ1v) is 9.80. The summed E-state index contributed by atoms with van der Waals surface area (Å²) in [5, 5.41) is 0. The lowest BCUT2D eigenvalue weighted by Gasteiger charge is -2.25. The highest BCUT2D eigenvalue weighted by Crippen LogP contribution is 2.35. The molecule has 3 aromatic carbocycles. The summed E-state index contributed by atoms with van der Waals surface area (Å²) in [5.74, 6) is 2.83. The number of hydrogen-bond acceptors (Lipinski definition) is 5. The highest BCUT2D eigenvalue weighted by Gasteiger charge is 2.22. The predicted molar refractivity (Wildman–Crippen MR) is 111 cm³/mol. The van der Waals surface area contributed by atoms with Crippen molar-refractivity contribution in [1.82, 2.24) is 0 Å². The summed E-state index contributed by atoms with van der Waals surface area (Å²) in [5.41, 5.74) is 3.79. The normalized spacial score (nSPS) is 13.4. The fourth-order valence-corrected chi connectivity index (χ4v) is 3.72. The van der Waals surface area contributed by atoms with Crippen LogP contribution in [0, 0.1) is 6.92 Å². The van der Waals surface area contributed by atoms with Gasteiger partial charge in [-0.1, -0.05) is 30.3 Å². The summed E-state index contributed by atoms with van der Waals surface area (Å²) < 4.78 is 21.7. The van der Waals surface area contributed by atoms with Crippen molar-refractivity contribution in [2.75, 3.05) is 18.5 Å². The molecule has 0 atom stereocenters. The van der Waals surface area contributed by atoms with Gasteiger partial charge in [-0.15, -0.1) is 0 Å². The van der Waals surface area contributed by atoms with Crippen LogP contribution in [0.15, 0.2) is 60.7 Å². The van der Waals surface area contributed by atoms with Crippen molar-refractivity contribution < 1.29 is 23.7 Å². The van der Waals surface area contributed by atoms with Gasteiger partial charge in [0, 0.05) is 5.69 Å². The molecule has 2 aliphatic heterocycles. The van der Waals surface area contributed by atoms with Gasteiger partial charge in [0.15, 0.2) is 23.0 Å². The number of ether oxygens (including phenoxy) is 4. The van der Waals surface area contributed by atoms with Gasteiger partial charge < -0.3 is 23.8 Å². The van der Waals surface area contributed by atoms with Crippen LogP contribution in [0.2, 0.25) is 0 Å². The van der Waals surface area contributed by atoms with Gasteiger partial charge in [-0.2, -0.15) is 0 Å². The second-order valence-electron chi connectivity index (χ2n) is 7.32. The Bertz CT molecular complexity index is 1110. The zero-order chi connectivity index (χ0) is 20.5. The number of hydrogen-bond donors (Lipinski definition) is 0. The Kier molecular flexibility index (Phi) is 4.67. The quantitative estimate of drug-likeness (QED) is 0.638. The monoisotopic (exact) mass is 403 g/mol. The molecule has 2 heterocycles. The van der Waals surface area contributed by atoms with Crippen molar-refractivity contribution in [2.24, 2.45) is 0 Å². The highest BCUT2D eigenvalue weighted by atomic mass is 16.7. The van der Waals surface area contributed by atoms with E-state index in [1.807, 2.05) is 72.5 Å². The average molecular weight is 403 g/mol. The Balaban J connectivity index is 1.43. The van der Waals surface area contributed by atoms with Crippen molar-refractivity contribution in [3.05, 3.63) is 77.4 Å². The second-order valence-corrected chi connectivity index (χ2v) is 7.32. The van der Waals surface area contributed by atoms with E-state index in [0.29, 0.717) is 23.8 Å². The Morgan fingerprint density at radius 3 is 2.10 bits per heavy atom. The molecule has 0 saturated carbocycles.